The summed E-state index contributed by atoms with van der Waals surface area (Å²) in [5.74, 6) is -0.501. The number of halogens is 3. The highest BCUT2D eigenvalue weighted by molar-refractivity contribution is 9.10. The largest absolute Gasteiger partial charge is 0.333 e. The van der Waals surface area contributed by atoms with Crippen LogP contribution in [0.4, 0.5) is 0 Å². The maximum Gasteiger partial charge on any atom is 0.227 e. The maximum absolute atomic E-state index is 12.7. The first kappa shape index (κ1) is 22.0. The summed E-state index contributed by atoms with van der Waals surface area (Å²) in [4.78, 5) is 15.0. The van der Waals surface area contributed by atoms with Crippen molar-refractivity contribution >= 4 is 60.4 Å². The third-order valence-electron chi connectivity index (χ3n) is 4.49. The summed E-state index contributed by atoms with van der Waals surface area (Å²) < 4.78 is 26.1. The van der Waals surface area contributed by atoms with Crippen molar-refractivity contribution in [2.24, 2.45) is 0 Å². The average molecular weight is 516 g/mol. The Kier molecular flexibility index (Phi) is 6.53. The molecule has 1 unspecified atom stereocenters. The molecular weight excluding hydrogens is 499 g/mol. The molecule has 0 fully saturated rings. The molecule has 5 nitrogen and oxygen atoms in total. The van der Waals surface area contributed by atoms with Crippen molar-refractivity contribution in [3.63, 3.8) is 0 Å². The number of carbonyl (C=O) groups excluding carboxylic acids is 1. The summed E-state index contributed by atoms with van der Waals surface area (Å²) in [5.41, 5.74) is 1.83. The third-order valence-corrected chi connectivity index (χ3v) is 7.27. The highest BCUT2D eigenvalue weighted by Gasteiger charge is 2.44. The lowest BCUT2D eigenvalue weighted by Gasteiger charge is -2.34. The van der Waals surface area contributed by atoms with Crippen molar-refractivity contribution in [2.45, 2.75) is 17.7 Å². The minimum atomic E-state index is -3.79. The molecular formula is C20H17BrCl2N2O3S. The molecule has 0 saturated carbocycles. The van der Waals surface area contributed by atoms with Gasteiger partial charge in [-0.3, -0.25) is 9.78 Å². The monoisotopic (exact) mass is 514 g/mol. The van der Waals surface area contributed by atoms with Gasteiger partial charge in [0.15, 0.2) is 14.7 Å². The molecule has 0 radical (unpaired) electrons. The molecule has 3 rings (SSSR count). The maximum atomic E-state index is 12.7. The van der Waals surface area contributed by atoms with Crippen molar-refractivity contribution < 1.29 is 13.2 Å². The van der Waals surface area contributed by atoms with E-state index in [-0.39, 0.29) is 22.9 Å². The molecule has 152 valence electrons. The van der Waals surface area contributed by atoms with Crippen LogP contribution in [0.5, 0.6) is 0 Å². The smallest absolute Gasteiger partial charge is 0.227 e. The first-order chi connectivity index (χ1) is 13.6. The Morgan fingerprint density at radius 3 is 2.45 bits per heavy atom. The Bertz CT molecular complexity index is 1100. The van der Waals surface area contributed by atoms with Crippen LogP contribution in [0.2, 0.25) is 0 Å². The molecule has 1 heterocycles. The lowest BCUT2D eigenvalue weighted by Crippen LogP contribution is -2.54. The number of nitrogens with one attached hydrogen (secondary N) is 1. The summed E-state index contributed by atoms with van der Waals surface area (Å²) >= 11 is 16.2. The van der Waals surface area contributed by atoms with Gasteiger partial charge in [-0.05, 0) is 39.7 Å². The zero-order chi connectivity index (χ0) is 21.2. The number of aromatic nitrogens is 1. The highest BCUT2D eigenvalue weighted by Crippen LogP contribution is 2.42. The number of sulfone groups is 1. The number of allylic oxidation sites excluding steroid dienone is 2. The Labute approximate surface area is 187 Å². The number of nitrogens with zero attached hydrogens (tertiary/aromatic N) is 1. The molecule has 1 aliphatic rings. The van der Waals surface area contributed by atoms with Crippen LogP contribution in [0.1, 0.15) is 17.7 Å². The molecule has 1 N–H and O–H groups in total. The standard InChI is InChI=1S/C20H17BrCl2N2O3S/c1-29(27,28)20(25-18(26)9-15-8-7-14(21)12-24-15)10-16(22)19(17(23)11-20)13-5-3-2-4-6-13/h2-8,10,12H,9,11H2,1H3,(H,25,26). The number of carbonyl (C=O) groups is 1. The first-order valence-electron chi connectivity index (χ1n) is 8.55. The van der Waals surface area contributed by atoms with Crippen LogP contribution >= 0.6 is 39.1 Å². The summed E-state index contributed by atoms with van der Waals surface area (Å²) in [6.45, 7) is 0. The first-order valence-corrected chi connectivity index (χ1v) is 12.0. The summed E-state index contributed by atoms with van der Waals surface area (Å²) in [6, 6.07) is 12.6. The minimum absolute atomic E-state index is 0.0805. The predicted molar refractivity (Wildman–Crippen MR) is 119 cm³/mol. The van der Waals surface area contributed by atoms with Gasteiger partial charge in [0.2, 0.25) is 5.91 Å². The normalized spacial score (nSPS) is 19.7. The number of benzene rings is 1. The second kappa shape index (κ2) is 8.60. The van der Waals surface area contributed by atoms with E-state index in [1.807, 2.05) is 30.3 Å². The number of hydrogen-bond acceptors (Lipinski definition) is 4. The van der Waals surface area contributed by atoms with Gasteiger partial charge >= 0.3 is 0 Å². The van der Waals surface area contributed by atoms with Gasteiger partial charge in [0.25, 0.3) is 0 Å². The van der Waals surface area contributed by atoms with Crippen LogP contribution in [0, 0.1) is 0 Å². The molecule has 1 aromatic carbocycles. The van der Waals surface area contributed by atoms with E-state index in [9.17, 15) is 13.2 Å². The van der Waals surface area contributed by atoms with E-state index >= 15 is 0 Å². The van der Waals surface area contributed by atoms with Gasteiger partial charge in [-0.15, -0.1) is 0 Å². The number of rotatable bonds is 5. The second-order valence-electron chi connectivity index (χ2n) is 6.67. The van der Waals surface area contributed by atoms with E-state index < -0.39 is 20.6 Å². The lowest BCUT2D eigenvalue weighted by atomic mass is 9.96. The molecule has 0 bridgehead atoms. The fourth-order valence-corrected chi connectivity index (χ4v) is 5.34. The molecule has 1 amide bonds. The van der Waals surface area contributed by atoms with Gasteiger partial charge in [0.1, 0.15) is 0 Å². The van der Waals surface area contributed by atoms with Gasteiger partial charge in [0, 0.05) is 44.7 Å². The number of amides is 1. The molecule has 0 spiro atoms. The van der Waals surface area contributed by atoms with E-state index in [0.29, 0.717) is 11.3 Å². The van der Waals surface area contributed by atoms with E-state index in [4.69, 9.17) is 23.2 Å². The second-order valence-corrected chi connectivity index (χ2v) is 10.7. The van der Waals surface area contributed by atoms with Crippen LogP contribution in [0.3, 0.4) is 0 Å². The summed E-state index contributed by atoms with van der Waals surface area (Å²) in [7, 11) is -3.79. The van der Waals surface area contributed by atoms with Crippen molar-refractivity contribution in [2.75, 3.05) is 6.26 Å². The highest BCUT2D eigenvalue weighted by atomic mass is 79.9. The molecule has 1 atom stereocenters. The fourth-order valence-electron chi connectivity index (χ4n) is 3.04. The molecule has 9 heteroatoms. The van der Waals surface area contributed by atoms with Crippen molar-refractivity contribution in [3.05, 3.63) is 80.5 Å². The van der Waals surface area contributed by atoms with E-state index in [1.165, 1.54) is 6.08 Å². The van der Waals surface area contributed by atoms with Crippen LogP contribution in [0.15, 0.2) is 69.3 Å². The van der Waals surface area contributed by atoms with E-state index in [1.54, 1.807) is 18.3 Å². The van der Waals surface area contributed by atoms with Gasteiger partial charge in [-0.2, -0.15) is 0 Å². The topological polar surface area (TPSA) is 76.1 Å². The Morgan fingerprint density at radius 2 is 1.90 bits per heavy atom. The number of hydrogen-bond donors (Lipinski definition) is 1. The van der Waals surface area contributed by atoms with Crippen LogP contribution in [-0.4, -0.2) is 30.4 Å². The SMILES string of the molecule is CS(=O)(=O)C1(NC(=O)Cc2ccc(Br)cn2)C=C(Cl)C(c2ccccc2)=C(Cl)C1. The molecule has 2 aromatic rings. The fraction of sp³-hybridized carbons (Fsp3) is 0.200. The van der Waals surface area contributed by atoms with Gasteiger partial charge in [0.05, 0.1) is 6.42 Å². The summed E-state index contributed by atoms with van der Waals surface area (Å²) in [5, 5.41) is 3.04. The Balaban J connectivity index is 1.92. The van der Waals surface area contributed by atoms with Crippen LogP contribution in [-0.2, 0) is 21.1 Å². The number of pyridine rings is 1. The molecule has 29 heavy (non-hydrogen) atoms. The predicted octanol–water partition coefficient (Wildman–Crippen LogP) is 4.42. The van der Waals surface area contributed by atoms with Gasteiger partial charge in [-0.25, -0.2) is 8.42 Å². The van der Waals surface area contributed by atoms with E-state index in [0.717, 1.165) is 16.3 Å². The molecule has 1 aromatic heterocycles. The zero-order valence-corrected chi connectivity index (χ0v) is 19.2. The zero-order valence-electron chi connectivity index (χ0n) is 15.3. The molecule has 1 aliphatic carbocycles. The quantitative estimate of drug-likeness (QED) is 0.639. The van der Waals surface area contributed by atoms with Crippen molar-refractivity contribution in [1.82, 2.24) is 10.3 Å². The molecule has 0 saturated heterocycles. The third kappa shape index (κ3) is 4.91. The van der Waals surface area contributed by atoms with Gasteiger partial charge < -0.3 is 5.32 Å². The van der Waals surface area contributed by atoms with Gasteiger partial charge in [-0.1, -0.05) is 53.5 Å². The Morgan fingerprint density at radius 1 is 1.21 bits per heavy atom. The van der Waals surface area contributed by atoms with Crippen LogP contribution < -0.4 is 5.32 Å². The van der Waals surface area contributed by atoms with E-state index in [2.05, 4.69) is 26.2 Å². The van der Waals surface area contributed by atoms with Crippen LogP contribution in [0.25, 0.3) is 5.57 Å². The lowest BCUT2D eigenvalue weighted by molar-refractivity contribution is -0.121. The molecule has 0 aliphatic heterocycles. The average Bonchev–Trinajstić information content (AvgIpc) is 2.63. The Hall–Kier alpha value is -1.67. The van der Waals surface area contributed by atoms with Crippen molar-refractivity contribution in [3.8, 4) is 0 Å². The summed E-state index contributed by atoms with van der Waals surface area (Å²) in [6.07, 6.45) is 3.77. The minimum Gasteiger partial charge on any atom is -0.333 e. The van der Waals surface area contributed by atoms with Crippen molar-refractivity contribution in [1.29, 1.82) is 0 Å².